The lowest BCUT2D eigenvalue weighted by atomic mass is 9.87. The summed E-state index contributed by atoms with van der Waals surface area (Å²) in [5.41, 5.74) is 5.34. The third-order valence-electron chi connectivity index (χ3n) is 9.64. The number of nitrogens with two attached hydrogens (primary N) is 1. The Morgan fingerprint density at radius 3 is 2.27 bits per heavy atom. The topological polar surface area (TPSA) is 342 Å². The third kappa shape index (κ3) is 6.44. The normalized spacial score (nSPS) is 34.2. The van der Waals surface area contributed by atoms with Gasteiger partial charge in [-0.1, -0.05) is 12.2 Å². The van der Waals surface area contributed by atoms with Crippen LogP contribution < -0.4 is 21.2 Å². The van der Waals surface area contributed by atoms with Gasteiger partial charge < -0.3 is 85.5 Å². The minimum Gasteiger partial charge on any atom is -0.507 e. The second-order valence-electron chi connectivity index (χ2n) is 13.2. The molecule has 20 heteroatoms. The molecule has 1 aromatic heterocycles. The van der Waals surface area contributed by atoms with E-state index >= 15 is 0 Å². The van der Waals surface area contributed by atoms with Crippen LogP contribution in [0, 0.1) is 0 Å². The Kier molecular flexibility index (Phi) is 9.57. The summed E-state index contributed by atoms with van der Waals surface area (Å²) in [6, 6.07) is 5.80. The number of ether oxygens (including phenoxy) is 4. The van der Waals surface area contributed by atoms with E-state index < -0.39 is 108 Å². The SMILES string of the molecule is NC1C=CC([C@H]2C=C[C@]3(Oc4cc5oc(-c6ccc(O)c(O)c6)cc(=O)c5c(O)c42)O[C@H](C(=O)O[C@H]2O[C@H](C(=O)O)[C@@H](O)[C@H](O)[C@H]2O)[C@@H](O)[C@H](O)[C@H]3O)=CN1. The molecule has 13 N–H and O–H groups in total. The van der Waals surface area contributed by atoms with Crippen molar-refractivity contribution in [3.8, 4) is 34.3 Å². The molecule has 7 rings (SSSR count). The minimum absolute atomic E-state index is 0.0994. The van der Waals surface area contributed by atoms with Crippen molar-refractivity contribution in [3.05, 3.63) is 82.2 Å². The molecular formula is C35H34N2O18. The number of dihydropyridines is 1. The molecule has 3 aromatic rings. The van der Waals surface area contributed by atoms with Gasteiger partial charge in [0.2, 0.25) is 6.29 Å². The van der Waals surface area contributed by atoms with Crippen molar-refractivity contribution in [3.63, 3.8) is 0 Å². The highest BCUT2D eigenvalue weighted by Crippen LogP contribution is 2.49. The quantitative estimate of drug-likeness (QED) is 0.0728. The maximum absolute atomic E-state index is 13.6. The summed E-state index contributed by atoms with van der Waals surface area (Å²) in [5, 5.41) is 107. The lowest BCUT2D eigenvalue weighted by molar-refractivity contribution is -0.321. The Hall–Kier alpha value is -5.55. The first-order chi connectivity index (χ1) is 26.0. The second kappa shape index (κ2) is 13.9. The summed E-state index contributed by atoms with van der Waals surface area (Å²) >= 11 is 0. The highest BCUT2D eigenvalue weighted by Gasteiger charge is 2.59. The fourth-order valence-electron chi connectivity index (χ4n) is 6.70. The number of fused-ring (bicyclic) bond motifs is 2. The smallest absolute Gasteiger partial charge is 0.340 e. The molecule has 292 valence electrons. The number of nitrogens with one attached hydrogen (secondary N) is 1. The van der Waals surface area contributed by atoms with Crippen molar-refractivity contribution in [1.29, 1.82) is 0 Å². The van der Waals surface area contributed by atoms with Gasteiger partial charge in [0.25, 0.3) is 5.79 Å². The Morgan fingerprint density at radius 2 is 1.60 bits per heavy atom. The number of carboxylic acids is 1. The number of esters is 1. The molecule has 0 amide bonds. The number of aliphatic hydroxyl groups excluding tert-OH is 6. The molecule has 0 saturated carbocycles. The first kappa shape index (κ1) is 37.8. The number of benzene rings is 2. The summed E-state index contributed by atoms with van der Waals surface area (Å²) in [5.74, 6) is -9.15. The van der Waals surface area contributed by atoms with Gasteiger partial charge in [-0.05, 0) is 35.9 Å². The summed E-state index contributed by atoms with van der Waals surface area (Å²) in [6.07, 6.45) is -13.4. The van der Waals surface area contributed by atoms with Gasteiger partial charge in [-0.2, -0.15) is 0 Å². The number of phenols is 3. The molecule has 4 aliphatic rings. The van der Waals surface area contributed by atoms with E-state index in [2.05, 4.69) is 5.32 Å². The zero-order chi connectivity index (χ0) is 39.7. The monoisotopic (exact) mass is 770 g/mol. The average molecular weight is 771 g/mol. The minimum atomic E-state index is -2.62. The largest absolute Gasteiger partial charge is 0.507 e. The van der Waals surface area contributed by atoms with Crippen molar-refractivity contribution in [1.82, 2.24) is 5.32 Å². The fourth-order valence-corrected chi connectivity index (χ4v) is 6.70. The van der Waals surface area contributed by atoms with E-state index in [1.807, 2.05) is 0 Å². The number of carboxylic acid groups (broad SMARTS) is 1. The van der Waals surface area contributed by atoms with E-state index in [-0.39, 0.29) is 33.6 Å². The van der Waals surface area contributed by atoms with Gasteiger partial charge in [-0.25, -0.2) is 9.59 Å². The van der Waals surface area contributed by atoms with Crippen molar-refractivity contribution in [2.45, 2.75) is 73.0 Å². The molecule has 1 spiro atoms. The molecule has 12 atom stereocenters. The number of hydrogen-bond donors (Lipinski definition) is 12. The van der Waals surface area contributed by atoms with Gasteiger partial charge in [0, 0.05) is 35.4 Å². The van der Waals surface area contributed by atoms with Crippen LogP contribution in [0.1, 0.15) is 11.5 Å². The van der Waals surface area contributed by atoms with Gasteiger partial charge in [-0.3, -0.25) is 4.79 Å². The van der Waals surface area contributed by atoms with E-state index in [0.29, 0.717) is 5.57 Å². The molecule has 5 heterocycles. The summed E-state index contributed by atoms with van der Waals surface area (Å²) in [6.45, 7) is 0. The number of aliphatic carboxylic acids is 1. The molecule has 1 unspecified atom stereocenters. The highest BCUT2D eigenvalue weighted by atomic mass is 16.8. The average Bonchev–Trinajstić information content (AvgIpc) is 3.31. The van der Waals surface area contributed by atoms with Crippen LogP contribution in [0.4, 0.5) is 0 Å². The van der Waals surface area contributed by atoms with Gasteiger partial charge in [0.1, 0.15) is 58.7 Å². The number of hydrogen-bond acceptors (Lipinski definition) is 19. The molecule has 0 radical (unpaired) electrons. The summed E-state index contributed by atoms with van der Waals surface area (Å²) < 4.78 is 28.0. The molecule has 2 saturated heterocycles. The van der Waals surface area contributed by atoms with E-state index in [0.717, 1.165) is 30.3 Å². The van der Waals surface area contributed by atoms with Crippen LogP contribution >= 0.6 is 0 Å². The zero-order valence-corrected chi connectivity index (χ0v) is 27.9. The van der Waals surface area contributed by atoms with E-state index in [1.54, 1.807) is 12.2 Å². The lowest BCUT2D eigenvalue weighted by Gasteiger charge is -2.46. The van der Waals surface area contributed by atoms with Crippen molar-refractivity contribution >= 4 is 22.9 Å². The van der Waals surface area contributed by atoms with E-state index in [9.17, 15) is 65.4 Å². The maximum atomic E-state index is 13.6. The Bertz CT molecular complexity index is 2200. The number of carbonyl (C=O) groups excluding carboxylic acids is 1. The first-order valence-electron chi connectivity index (χ1n) is 16.5. The van der Waals surface area contributed by atoms with Gasteiger partial charge in [0.15, 0.2) is 35.2 Å². The number of carbonyl (C=O) groups is 2. The van der Waals surface area contributed by atoms with Gasteiger partial charge >= 0.3 is 11.9 Å². The number of aromatic hydroxyl groups is 3. The Labute approximate surface area is 307 Å². The third-order valence-corrected chi connectivity index (χ3v) is 9.64. The summed E-state index contributed by atoms with van der Waals surface area (Å²) in [4.78, 5) is 38.6. The van der Waals surface area contributed by atoms with E-state index in [4.69, 9.17) is 29.1 Å². The predicted octanol–water partition coefficient (Wildman–Crippen LogP) is -2.45. The molecule has 55 heavy (non-hydrogen) atoms. The van der Waals surface area contributed by atoms with Crippen LogP contribution in [-0.2, 0) is 23.8 Å². The molecule has 2 aromatic carbocycles. The zero-order valence-electron chi connectivity index (χ0n) is 27.9. The number of rotatable bonds is 5. The molecule has 4 aliphatic heterocycles. The number of phenolic OH excluding ortho intramolecular Hbond substituents is 3. The predicted molar refractivity (Wildman–Crippen MR) is 180 cm³/mol. The Balaban J connectivity index is 1.32. The summed E-state index contributed by atoms with van der Waals surface area (Å²) in [7, 11) is 0. The van der Waals surface area contributed by atoms with Crippen LogP contribution in [-0.4, -0.2) is 130 Å². The number of allylic oxidation sites excluding steroid dienone is 3. The Morgan fingerprint density at radius 1 is 0.873 bits per heavy atom. The van der Waals surface area contributed by atoms with Crippen molar-refractivity contribution in [2.24, 2.45) is 5.73 Å². The fraction of sp³-hybridized carbons (Fsp3) is 0.343. The van der Waals surface area contributed by atoms with Gasteiger partial charge in [-0.15, -0.1) is 0 Å². The van der Waals surface area contributed by atoms with Crippen LogP contribution in [0.2, 0.25) is 0 Å². The van der Waals surface area contributed by atoms with Gasteiger partial charge in [0.05, 0.1) is 6.17 Å². The lowest BCUT2D eigenvalue weighted by Crippen LogP contribution is -2.68. The maximum Gasteiger partial charge on any atom is 0.340 e. The second-order valence-corrected chi connectivity index (χ2v) is 13.2. The van der Waals surface area contributed by atoms with Crippen molar-refractivity contribution in [2.75, 3.05) is 0 Å². The number of aliphatic hydroxyl groups is 6. The van der Waals surface area contributed by atoms with E-state index in [1.165, 1.54) is 18.3 Å². The highest BCUT2D eigenvalue weighted by molar-refractivity contribution is 5.89. The van der Waals surface area contributed by atoms with Crippen LogP contribution in [0.3, 0.4) is 0 Å². The first-order valence-corrected chi connectivity index (χ1v) is 16.5. The molecule has 0 bridgehead atoms. The molecule has 2 fully saturated rings. The van der Waals surface area contributed by atoms with Crippen molar-refractivity contribution < 1.29 is 84.0 Å². The van der Waals surface area contributed by atoms with Crippen LogP contribution in [0.25, 0.3) is 22.3 Å². The molecule has 0 aliphatic carbocycles. The van der Waals surface area contributed by atoms with Crippen LogP contribution in [0.5, 0.6) is 23.0 Å². The standard InChI is InChI=1S/C35H34N2O18/c36-20-4-2-12(10-37-20)13-5-6-35(31(47)27(45)26(44)30(55-35)33(50)53-34-28(46)24(42)25(43)29(52-34)32(48)49)54-19-9-18-22(23(41)21(13)19)16(40)8-17(51-18)11-1-3-14(38)15(39)7-11/h1-10,13,20,24-31,34,37-39,41-47H,36H2,(H,48,49)/t13-,20?,24+,25+,26+,27+,28-,29+,30+,31-,34-,35+/m1/s1. The molecular weight excluding hydrogens is 736 g/mol. The molecule has 20 nitrogen and oxygen atoms in total. The van der Waals surface area contributed by atoms with Crippen LogP contribution in [0.15, 0.2) is 75.6 Å².